The Morgan fingerprint density at radius 3 is 2.45 bits per heavy atom. The smallest absolute Gasteiger partial charge is 0.308 e. The summed E-state index contributed by atoms with van der Waals surface area (Å²) in [6.07, 6.45) is 0. The molecule has 12 heteroatoms. The normalized spacial score (nSPS) is 22.9. The number of thioether (sulfide) groups is 1. The first-order valence-electron chi connectivity index (χ1n) is 12.0. The Labute approximate surface area is 234 Å². The predicted molar refractivity (Wildman–Crippen MR) is 146 cm³/mol. The minimum Gasteiger partial charge on any atom is -0.508 e. The first-order valence-corrected chi connectivity index (χ1v) is 14.5. The maximum Gasteiger partial charge on any atom is 0.308 e. The molecule has 0 spiro atoms. The lowest BCUT2D eigenvalue weighted by Gasteiger charge is -2.31. The summed E-state index contributed by atoms with van der Waals surface area (Å²) in [5.41, 5.74) is 0.924. The van der Waals surface area contributed by atoms with Crippen molar-refractivity contribution < 1.29 is 24.2 Å². The van der Waals surface area contributed by atoms with Gasteiger partial charge in [-0.05, 0) is 30.3 Å². The van der Waals surface area contributed by atoms with Crippen molar-refractivity contribution in [3.8, 4) is 5.75 Å². The summed E-state index contributed by atoms with van der Waals surface area (Å²) >= 11 is 5.50. The van der Waals surface area contributed by atoms with Crippen molar-refractivity contribution in [2.45, 2.75) is 22.7 Å². The summed E-state index contributed by atoms with van der Waals surface area (Å²) in [5, 5.41) is 10.5. The van der Waals surface area contributed by atoms with Crippen molar-refractivity contribution in [1.82, 2.24) is 9.47 Å². The number of para-hydroxylation sites is 1. The quantitative estimate of drug-likeness (QED) is 0.449. The van der Waals surface area contributed by atoms with E-state index < -0.39 is 17.1 Å². The van der Waals surface area contributed by atoms with E-state index in [1.54, 1.807) is 47.4 Å². The zero-order chi connectivity index (χ0) is 26.6. The first kappa shape index (κ1) is 25.4. The van der Waals surface area contributed by atoms with Gasteiger partial charge in [-0.2, -0.15) is 0 Å². The van der Waals surface area contributed by atoms with Crippen LogP contribution in [0.4, 0.5) is 5.69 Å². The zero-order valence-corrected chi connectivity index (χ0v) is 23.1. The third-order valence-corrected chi connectivity index (χ3v) is 10.2. The highest BCUT2D eigenvalue weighted by molar-refractivity contribution is 9.10. The van der Waals surface area contributed by atoms with Crippen LogP contribution >= 0.6 is 39.0 Å². The molecule has 6 rings (SSSR count). The van der Waals surface area contributed by atoms with Crippen LogP contribution < -0.4 is 9.77 Å². The van der Waals surface area contributed by atoms with E-state index in [4.69, 9.17) is 4.74 Å². The Morgan fingerprint density at radius 2 is 1.74 bits per heavy atom. The maximum absolute atomic E-state index is 13.9. The molecule has 2 aromatic carbocycles. The summed E-state index contributed by atoms with van der Waals surface area (Å²) in [7, 11) is 0. The molecule has 1 aromatic heterocycles. The average molecular weight is 617 g/mol. The molecular formula is C26H22BrN3O6S2. The number of fused-ring (bicyclic) bond motifs is 2. The second-order valence-corrected chi connectivity index (χ2v) is 12.2. The number of halogens is 1. The molecule has 3 atom stereocenters. The number of anilines is 1. The largest absolute Gasteiger partial charge is 0.508 e. The molecule has 0 aliphatic carbocycles. The molecule has 38 heavy (non-hydrogen) atoms. The number of morpholine rings is 1. The molecule has 4 heterocycles. The molecule has 3 aromatic rings. The molecule has 2 unspecified atom stereocenters. The van der Waals surface area contributed by atoms with Crippen LogP contribution in [0, 0.1) is 5.92 Å². The van der Waals surface area contributed by atoms with Crippen LogP contribution in [0.15, 0.2) is 62.8 Å². The van der Waals surface area contributed by atoms with Crippen LogP contribution in [0.5, 0.6) is 5.75 Å². The number of nitrogens with zero attached hydrogens (tertiary/aromatic N) is 3. The number of carbonyl (C=O) groups is 3. The van der Waals surface area contributed by atoms with Gasteiger partial charge in [0.15, 0.2) is 0 Å². The van der Waals surface area contributed by atoms with Crippen LogP contribution in [0.3, 0.4) is 0 Å². The molecule has 0 saturated carbocycles. The number of amides is 3. The Balaban J connectivity index is 1.45. The van der Waals surface area contributed by atoms with Gasteiger partial charge < -0.3 is 14.7 Å². The summed E-state index contributed by atoms with van der Waals surface area (Å²) in [5.74, 6) is -2.53. The lowest BCUT2D eigenvalue weighted by molar-refractivity contribution is -0.136. The van der Waals surface area contributed by atoms with Crippen molar-refractivity contribution in [3.05, 3.63) is 73.1 Å². The van der Waals surface area contributed by atoms with Crippen LogP contribution in [-0.4, -0.2) is 63.8 Å². The number of aromatic nitrogens is 1. The fraction of sp³-hybridized carbons (Fsp3) is 0.308. The Kier molecular flexibility index (Phi) is 6.67. The first-order chi connectivity index (χ1) is 18.3. The van der Waals surface area contributed by atoms with E-state index in [0.717, 1.165) is 27.6 Å². The summed E-state index contributed by atoms with van der Waals surface area (Å²) in [6, 6.07) is 13.6. The Hall–Kier alpha value is -2.93. The monoisotopic (exact) mass is 615 g/mol. The van der Waals surface area contributed by atoms with Crippen molar-refractivity contribution in [2.75, 3.05) is 31.2 Å². The second kappa shape index (κ2) is 9.99. The summed E-state index contributed by atoms with van der Waals surface area (Å²) < 4.78 is 7.55. The zero-order valence-electron chi connectivity index (χ0n) is 19.9. The standard InChI is InChI=1S/C26H22BrN3O6S2/c27-14-5-7-15(8-6-14)30-23(33)20-19(16-3-1-2-4-17(16)31)22-25(37-21(20)24(30)34)29(26(35)38-22)13-18(32)28-9-11-36-12-10-28/h1-8,19-21,31H,9-13H2/t19-,20?,21?/m0/s1. The van der Waals surface area contributed by atoms with E-state index in [1.165, 1.54) is 15.5 Å². The third kappa shape index (κ3) is 4.19. The van der Waals surface area contributed by atoms with Gasteiger partial charge in [-0.25, -0.2) is 4.90 Å². The van der Waals surface area contributed by atoms with Gasteiger partial charge in [0.1, 0.15) is 17.5 Å². The van der Waals surface area contributed by atoms with E-state index in [2.05, 4.69) is 15.9 Å². The Bertz CT molecular complexity index is 1500. The lowest BCUT2D eigenvalue weighted by Crippen LogP contribution is -2.43. The van der Waals surface area contributed by atoms with E-state index in [1.807, 2.05) is 0 Å². The SMILES string of the molecule is O=C(Cn1c2c(sc1=O)[C@@H](c1ccccc1O)C1C(=O)N(c3ccc(Br)cc3)C(=O)C1S2)N1CCOCC1. The number of phenolic OH excluding ortho intramolecular Hbond substituents is 1. The number of imide groups is 1. The highest BCUT2D eigenvalue weighted by Crippen LogP contribution is 2.55. The van der Waals surface area contributed by atoms with Crippen LogP contribution in [0.1, 0.15) is 16.4 Å². The van der Waals surface area contributed by atoms with Crippen molar-refractivity contribution in [3.63, 3.8) is 0 Å². The number of phenols is 1. The van der Waals surface area contributed by atoms with Gasteiger partial charge in [0, 0.05) is 33.9 Å². The molecular weight excluding hydrogens is 594 g/mol. The fourth-order valence-corrected chi connectivity index (χ4v) is 8.26. The Morgan fingerprint density at radius 1 is 1.03 bits per heavy atom. The van der Waals surface area contributed by atoms with E-state index in [9.17, 15) is 24.3 Å². The number of benzene rings is 2. The predicted octanol–water partition coefficient (Wildman–Crippen LogP) is 3.03. The van der Waals surface area contributed by atoms with Gasteiger partial charge >= 0.3 is 4.87 Å². The van der Waals surface area contributed by atoms with Crippen LogP contribution in [0.25, 0.3) is 0 Å². The summed E-state index contributed by atoms with van der Waals surface area (Å²) in [6.45, 7) is 1.62. The number of carbonyl (C=O) groups excluding carboxylic acids is 3. The van der Waals surface area contributed by atoms with Gasteiger partial charge in [-0.3, -0.25) is 23.7 Å². The molecule has 0 radical (unpaired) electrons. The second-order valence-electron chi connectivity index (χ2n) is 9.21. The lowest BCUT2D eigenvalue weighted by atomic mass is 9.82. The van der Waals surface area contributed by atoms with Gasteiger partial charge in [-0.1, -0.05) is 57.2 Å². The molecule has 3 aliphatic heterocycles. The molecule has 196 valence electrons. The van der Waals surface area contributed by atoms with E-state index in [0.29, 0.717) is 47.5 Å². The summed E-state index contributed by atoms with van der Waals surface area (Å²) in [4.78, 5) is 57.0. The molecule has 2 fully saturated rings. The van der Waals surface area contributed by atoms with E-state index in [-0.39, 0.29) is 34.9 Å². The average Bonchev–Trinajstić information content (AvgIpc) is 3.36. The molecule has 9 nitrogen and oxygen atoms in total. The number of aromatic hydroxyl groups is 1. The number of hydrogen-bond acceptors (Lipinski definition) is 8. The van der Waals surface area contributed by atoms with Crippen molar-refractivity contribution in [1.29, 1.82) is 0 Å². The highest BCUT2D eigenvalue weighted by atomic mass is 79.9. The topological polar surface area (TPSA) is 109 Å². The van der Waals surface area contributed by atoms with Crippen LogP contribution in [0.2, 0.25) is 0 Å². The van der Waals surface area contributed by atoms with Crippen molar-refractivity contribution >= 4 is 62.4 Å². The van der Waals surface area contributed by atoms with Gasteiger partial charge in [0.25, 0.3) is 0 Å². The minimum atomic E-state index is -0.821. The molecule has 0 bridgehead atoms. The number of thiazole rings is 1. The molecule has 1 N–H and O–H groups in total. The van der Waals surface area contributed by atoms with Gasteiger partial charge in [0.2, 0.25) is 17.7 Å². The molecule has 3 aliphatic rings. The highest BCUT2D eigenvalue weighted by Gasteiger charge is 2.57. The number of ether oxygens (including phenoxy) is 1. The third-order valence-electron chi connectivity index (χ3n) is 7.06. The fourth-order valence-electron chi connectivity index (χ4n) is 5.23. The van der Waals surface area contributed by atoms with Crippen molar-refractivity contribution in [2.24, 2.45) is 5.92 Å². The minimum absolute atomic E-state index is 0.0202. The van der Waals surface area contributed by atoms with E-state index >= 15 is 0 Å². The van der Waals surface area contributed by atoms with Gasteiger partial charge in [0.05, 0.1) is 29.8 Å². The molecule has 2 saturated heterocycles. The number of rotatable bonds is 4. The maximum atomic E-state index is 13.9. The van der Waals surface area contributed by atoms with Crippen LogP contribution in [-0.2, 0) is 25.7 Å². The van der Waals surface area contributed by atoms with Gasteiger partial charge in [-0.15, -0.1) is 0 Å². The molecule has 3 amide bonds. The number of hydrogen-bond donors (Lipinski definition) is 1.